The standard InChI is InChI=1S/C8H9IN2/c1-11-5-4-6-7(11)2-3-8(9)10-6/h2-3H,4-5H2,1H3. The van der Waals surface area contributed by atoms with E-state index in [9.17, 15) is 0 Å². The average molecular weight is 260 g/mol. The summed E-state index contributed by atoms with van der Waals surface area (Å²) in [4.78, 5) is 6.70. The molecule has 11 heavy (non-hydrogen) atoms. The van der Waals surface area contributed by atoms with Crippen LogP contribution in [0, 0.1) is 3.70 Å². The molecule has 2 rings (SSSR count). The number of anilines is 1. The molecule has 0 spiro atoms. The summed E-state index contributed by atoms with van der Waals surface area (Å²) in [5, 5.41) is 0. The number of rotatable bonds is 0. The number of pyridine rings is 1. The van der Waals surface area contributed by atoms with E-state index in [1.165, 1.54) is 11.4 Å². The zero-order chi connectivity index (χ0) is 7.84. The van der Waals surface area contributed by atoms with Gasteiger partial charge in [-0.15, -0.1) is 0 Å². The topological polar surface area (TPSA) is 16.1 Å². The summed E-state index contributed by atoms with van der Waals surface area (Å²) in [5.41, 5.74) is 2.55. The number of halogens is 1. The van der Waals surface area contributed by atoms with Gasteiger partial charge in [0.1, 0.15) is 3.70 Å². The van der Waals surface area contributed by atoms with Gasteiger partial charge in [-0.1, -0.05) is 0 Å². The van der Waals surface area contributed by atoms with Gasteiger partial charge < -0.3 is 4.90 Å². The van der Waals surface area contributed by atoms with Crippen molar-refractivity contribution >= 4 is 28.3 Å². The first kappa shape index (κ1) is 7.34. The highest BCUT2D eigenvalue weighted by molar-refractivity contribution is 14.1. The van der Waals surface area contributed by atoms with Crippen molar-refractivity contribution in [1.29, 1.82) is 0 Å². The minimum atomic E-state index is 1.09. The molecule has 0 atom stereocenters. The molecular weight excluding hydrogens is 251 g/mol. The molecule has 0 bridgehead atoms. The minimum absolute atomic E-state index is 1.09. The third kappa shape index (κ3) is 1.21. The Morgan fingerprint density at radius 1 is 1.55 bits per heavy atom. The van der Waals surface area contributed by atoms with Crippen LogP contribution in [0.3, 0.4) is 0 Å². The second-order valence-corrected chi connectivity index (χ2v) is 3.88. The Balaban J connectivity index is 2.50. The Hall–Kier alpha value is -0.320. The molecule has 2 nitrogen and oxygen atoms in total. The van der Waals surface area contributed by atoms with Gasteiger partial charge in [-0.25, -0.2) is 4.98 Å². The van der Waals surface area contributed by atoms with Crippen molar-refractivity contribution in [1.82, 2.24) is 4.98 Å². The van der Waals surface area contributed by atoms with Crippen LogP contribution in [0.2, 0.25) is 0 Å². The van der Waals surface area contributed by atoms with E-state index >= 15 is 0 Å². The second kappa shape index (κ2) is 2.62. The quantitative estimate of drug-likeness (QED) is 0.521. The Kier molecular flexibility index (Phi) is 1.75. The molecule has 3 heteroatoms. The molecule has 0 unspecified atom stereocenters. The third-order valence-corrected chi connectivity index (χ3v) is 2.61. The number of fused-ring (bicyclic) bond motifs is 1. The SMILES string of the molecule is CN1CCc2nc(I)ccc21. The third-order valence-electron chi connectivity index (χ3n) is 2.01. The van der Waals surface area contributed by atoms with E-state index in [4.69, 9.17) is 0 Å². The molecule has 0 fully saturated rings. The molecule has 2 heterocycles. The molecule has 0 aliphatic carbocycles. The normalized spacial score (nSPS) is 15.3. The van der Waals surface area contributed by atoms with Crippen molar-refractivity contribution in [3.05, 3.63) is 21.5 Å². The molecule has 1 aromatic rings. The maximum absolute atomic E-state index is 4.45. The Morgan fingerprint density at radius 3 is 3.18 bits per heavy atom. The fraction of sp³-hybridized carbons (Fsp3) is 0.375. The summed E-state index contributed by atoms with van der Waals surface area (Å²) in [6.45, 7) is 1.11. The first-order chi connectivity index (χ1) is 5.27. The zero-order valence-corrected chi connectivity index (χ0v) is 8.50. The van der Waals surface area contributed by atoms with E-state index in [-0.39, 0.29) is 0 Å². The molecule has 1 aliphatic heterocycles. The van der Waals surface area contributed by atoms with Crippen LogP contribution in [-0.4, -0.2) is 18.6 Å². The summed E-state index contributed by atoms with van der Waals surface area (Å²) >= 11 is 2.25. The smallest absolute Gasteiger partial charge is 0.101 e. The van der Waals surface area contributed by atoms with Crippen LogP contribution in [-0.2, 0) is 6.42 Å². The van der Waals surface area contributed by atoms with Crippen LogP contribution in [0.25, 0.3) is 0 Å². The van der Waals surface area contributed by atoms with Crippen LogP contribution < -0.4 is 4.90 Å². The first-order valence-electron chi connectivity index (χ1n) is 3.64. The Labute approximate surface area is 79.8 Å². The second-order valence-electron chi connectivity index (χ2n) is 2.77. The lowest BCUT2D eigenvalue weighted by molar-refractivity contribution is 0.942. The van der Waals surface area contributed by atoms with Crippen molar-refractivity contribution < 1.29 is 0 Å². The lowest BCUT2D eigenvalue weighted by atomic mass is 10.3. The predicted molar refractivity (Wildman–Crippen MR) is 53.9 cm³/mol. The summed E-state index contributed by atoms with van der Waals surface area (Å²) in [5.74, 6) is 0. The highest BCUT2D eigenvalue weighted by atomic mass is 127. The minimum Gasteiger partial charge on any atom is -0.373 e. The van der Waals surface area contributed by atoms with E-state index in [1.807, 2.05) is 0 Å². The molecule has 0 amide bonds. The highest BCUT2D eigenvalue weighted by Crippen LogP contribution is 2.24. The van der Waals surface area contributed by atoms with Crippen LogP contribution in [0.1, 0.15) is 5.69 Å². The van der Waals surface area contributed by atoms with Gasteiger partial charge in [0, 0.05) is 20.0 Å². The Bertz CT molecular complexity index is 285. The fourth-order valence-electron chi connectivity index (χ4n) is 1.39. The van der Waals surface area contributed by atoms with E-state index in [1.54, 1.807) is 0 Å². The van der Waals surface area contributed by atoms with Gasteiger partial charge in [0.05, 0.1) is 11.4 Å². The number of nitrogens with zero attached hydrogens (tertiary/aromatic N) is 2. The van der Waals surface area contributed by atoms with E-state index < -0.39 is 0 Å². The summed E-state index contributed by atoms with van der Waals surface area (Å²) < 4.78 is 1.09. The number of likely N-dealkylation sites (N-methyl/N-ethyl adjacent to an activating group) is 1. The van der Waals surface area contributed by atoms with Gasteiger partial charge in [0.25, 0.3) is 0 Å². The highest BCUT2D eigenvalue weighted by Gasteiger charge is 2.16. The molecule has 1 aromatic heterocycles. The first-order valence-corrected chi connectivity index (χ1v) is 4.72. The molecule has 0 radical (unpaired) electrons. The van der Waals surface area contributed by atoms with Gasteiger partial charge in [-0.05, 0) is 34.7 Å². The van der Waals surface area contributed by atoms with Gasteiger partial charge in [-0.2, -0.15) is 0 Å². The molecule has 0 aromatic carbocycles. The Morgan fingerprint density at radius 2 is 2.36 bits per heavy atom. The average Bonchev–Trinajstić information content (AvgIpc) is 2.32. The van der Waals surface area contributed by atoms with E-state index in [0.29, 0.717) is 0 Å². The van der Waals surface area contributed by atoms with E-state index in [0.717, 1.165) is 16.7 Å². The maximum atomic E-state index is 4.45. The van der Waals surface area contributed by atoms with Crippen molar-refractivity contribution in [2.24, 2.45) is 0 Å². The van der Waals surface area contributed by atoms with E-state index in [2.05, 4.69) is 51.7 Å². The lowest BCUT2D eigenvalue weighted by Crippen LogP contribution is -2.12. The van der Waals surface area contributed by atoms with Crippen molar-refractivity contribution in [2.45, 2.75) is 6.42 Å². The predicted octanol–water partition coefficient (Wildman–Crippen LogP) is 1.68. The summed E-state index contributed by atoms with van der Waals surface area (Å²) in [6, 6.07) is 4.21. The van der Waals surface area contributed by atoms with Crippen LogP contribution in [0.5, 0.6) is 0 Å². The van der Waals surface area contributed by atoms with Gasteiger partial charge in [0.2, 0.25) is 0 Å². The fourth-order valence-corrected chi connectivity index (χ4v) is 1.86. The van der Waals surface area contributed by atoms with Crippen molar-refractivity contribution in [3.63, 3.8) is 0 Å². The zero-order valence-electron chi connectivity index (χ0n) is 6.34. The molecule has 0 N–H and O–H groups in total. The van der Waals surface area contributed by atoms with Crippen LogP contribution in [0.4, 0.5) is 5.69 Å². The van der Waals surface area contributed by atoms with Crippen molar-refractivity contribution in [3.8, 4) is 0 Å². The van der Waals surface area contributed by atoms with Gasteiger partial charge in [0.15, 0.2) is 0 Å². The van der Waals surface area contributed by atoms with Gasteiger partial charge in [-0.3, -0.25) is 0 Å². The molecule has 0 saturated heterocycles. The largest absolute Gasteiger partial charge is 0.373 e. The van der Waals surface area contributed by atoms with Gasteiger partial charge >= 0.3 is 0 Å². The molecule has 58 valence electrons. The summed E-state index contributed by atoms with van der Waals surface area (Å²) in [6.07, 6.45) is 1.10. The molecular formula is C8H9IN2. The monoisotopic (exact) mass is 260 g/mol. The van der Waals surface area contributed by atoms with Crippen LogP contribution in [0.15, 0.2) is 12.1 Å². The lowest BCUT2D eigenvalue weighted by Gasteiger charge is -2.10. The number of aromatic nitrogens is 1. The molecule has 1 aliphatic rings. The number of hydrogen-bond acceptors (Lipinski definition) is 2. The van der Waals surface area contributed by atoms with Crippen molar-refractivity contribution in [2.75, 3.05) is 18.5 Å². The number of hydrogen-bond donors (Lipinski definition) is 0. The maximum Gasteiger partial charge on any atom is 0.101 e. The van der Waals surface area contributed by atoms with Crippen LogP contribution >= 0.6 is 22.6 Å². The molecule has 0 saturated carbocycles. The summed E-state index contributed by atoms with van der Waals surface area (Å²) in [7, 11) is 2.11.